The predicted molar refractivity (Wildman–Crippen MR) is 88.7 cm³/mol. The van der Waals surface area contributed by atoms with E-state index in [9.17, 15) is 4.79 Å². The second-order valence-electron chi connectivity index (χ2n) is 6.86. The Morgan fingerprint density at radius 2 is 1.95 bits per heavy atom. The summed E-state index contributed by atoms with van der Waals surface area (Å²) in [4.78, 5) is 14.3. The van der Waals surface area contributed by atoms with E-state index in [-0.39, 0.29) is 5.91 Å². The van der Waals surface area contributed by atoms with Gasteiger partial charge < -0.3 is 16.0 Å². The number of nitrogens with zero attached hydrogens (tertiary/aromatic N) is 1. The molecule has 4 nitrogen and oxygen atoms in total. The highest BCUT2D eigenvalue weighted by atomic mass is 16.1. The molecule has 1 saturated carbocycles. The topological polar surface area (TPSA) is 58.4 Å². The highest BCUT2D eigenvalue weighted by molar-refractivity contribution is 6.00. The van der Waals surface area contributed by atoms with Crippen molar-refractivity contribution in [3.8, 4) is 0 Å². The van der Waals surface area contributed by atoms with E-state index in [1.807, 2.05) is 12.1 Å². The maximum absolute atomic E-state index is 12.1. The Morgan fingerprint density at radius 3 is 2.52 bits per heavy atom. The quantitative estimate of drug-likeness (QED) is 0.841. The first kappa shape index (κ1) is 15.7. The lowest BCUT2D eigenvalue weighted by Gasteiger charge is -2.40. The van der Waals surface area contributed by atoms with Crippen LogP contribution in [-0.2, 0) is 0 Å². The van der Waals surface area contributed by atoms with Crippen molar-refractivity contribution in [1.82, 2.24) is 5.32 Å². The Kier molecular flexibility index (Phi) is 4.45. The first-order chi connectivity index (χ1) is 9.84. The van der Waals surface area contributed by atoms with Crippen molar-refractivity contribution in [1.29, 1.82) is 0 Å². The van der Waals surface area contributed by atoms with Gasteiger partial charge in [-0.1, -0.05) is 13.8 Å². The van der Waals surface area contributed by atoms with Gasteiger partial charge in [0.15, 0.2) is 0 Å². The average molecular weight is 289 g/mol. The van der Waals surface area contributed by atoms with Crippen LogP contribution in [0.25, 0.3) is 0 Å². The van der Waals surface area contributed by atoms with Crippen molar-refractivity contribution in [2.75, 3.05) is 24.7 Å². The molecule has 1 aliphatic carbocycles. The van der Waals surface area contributed by atoms with E-state index in [4.69, 9.17) is 5.73 Å². The molecule has 1 aromatic carbocycles. The summed E-state index contributed by atoms with van der Waals surface area (Å²) in [7, 11) is 3.73. The van der Waals surface area contributed by atoms with Crippen LogP contribution in [0.1, 0.15) is 49.9 Å². The highest BCUT2D eigenvalue weighted by Gasteiger charge is 2.30. The summed E-state index contributed by atoms with van der Waals surface area (Å²) in [5.41, 5.74) is 8.68. The van der Waals surface area contributed by atoms with E-state index in [0.29, 0.717) is 22.7 Å². The van der Waals surface area contributed by atoms with Crippen LogP contribution in [-0.4, -0.2) is 26.0 Å². The fourth-order valence-corrected chi connectivity index (χ4v) is 3.14. The van der Waals surface area contributed by atoms with Gasteiger partial charge in [0.2, 0.25) is 0 Å². The van der Waals surface area contributed by atoms with Crippen LogP contribution in [0.4, 0.5) is 11.4 Å². The summed E-state index contributed by atoms with van der Waals surface area (Å²) in [5.74, 6) is -0.0620. The molecule has 116 valence electrons. The first-order valence-corrected chi connectivity index (χ1v) is 7.68. The summed E-state index contributed by atoms with van der Waals surface area (Å²) in [6.45, 7) is 4.67. The van der Waals surface area contributed by atoms with E-state index in [2.05, 4.69) is 31.1 Å². The van der Waals surface area contributed by atoms with E-state index in [0.717, 1.165) is 18.5 Å². The van der Waals surface area contributed by atoms with E-state index >= 15 is 0 Å². The normalized spacial score (nSPS) is 18.3. The highest BCUT2D eigenvalue weighted by Crippen LogP contribution is 2.38. The Bertz CT molecular complexity index is 515. The summed E-state index contributed by atoms with van der Waals surface area (Å²) < 4.78 is 0. The van der Waals surface area contributed by atoms with Crippen LogP contribution in [0.15, 0.2) is 18.2 Å². The number of nitrogen functional groups attached to an aromatic ring is 1. The second-order valence-corrected chi connectivity index (χ2v) is 6.86. The third kappa shape index (κ3) is 3.49. The fraction of sp³-hybridized carbons (Fsp3) is 0.588. The van der Waals surface area contributed by atoms with Crippen molar-refractivity contribution >= 4 is 17.3 Å². The van der Waals surface area contributed by atoms with Gasteiger partial charge >= 0.3 is 0 Å². The molecule has 0 spiro atoms. The maximum atomic E-state index is 12.1. The number of carbonyl (C=O) groups is 1. The molecule has 0 unspecified atom stereocenters. The SMILES string of the molecule is CNC(=O)c1ccc(N)cc1N(C)C1CCC(C)(C)CC1. The third-order valence-corrected chi connectivity index (χ3v) is 4.73. The number of rotatable bonds is 3. The largest absolute Gasteiger partial charge is 0.399 e. The van der Waals surface area contributed by atoms with Crippen LogP contribution in [0.2, 0.25) is 0 Å². The standard InChI is InChI=1S/C17H27N3O/c1-17(2)9-7-13(8-10-17)20(4)15-11-12(18)5-6-14(15)16(21)19-3/h5-6,11,13H,7-10,18H2,1-4H3,(H,19,21). The molecule has 0 radical (unpaired) electrons. The van der Waals surface area contributed by atoms with Crippen LogP contribution >= 0.6 is 0 Å². The number of amides is 1. The summed E-state index contributed by atoms with van der Waals surface area (Å²) in [5, 5.41) is 2.71. The zero-order valence-electron chi connectivity index (χ0n) is 13.6. The minimum Gasteiger partial charge on any atom is -0.399 e. The first-order valence-electron chi connectivity index (χ1n) is 7.68. The third-order valence-electron chi connectivity index (χ3n) is 4.73. The molecule has 0 bridgehead atoms. The number of hydrogen-bond acceptors (Lipinski definition) is 3. The zero-order valence-corrected chi connectivity index (χ0v) is 13.6. The second kappa shape index (κ2) is 5.96. The molecule has 4 heteroatoms. The minimum atomic E-state index is -0.0620. The Balaban J connectivity index is 2.24. The monoisotopic (exact) mass is 289 g/mol. The number of benzene rings is 1. The summed E-state index contributed by atoms with van der Waals surface area (Å²) >= 11 is 0. The molecule has 1 aliphatic rings. The van der Waals surface area contributed by atoms with Crippen LogP contribution in [0.3, 0.4) is 0 Å². The number of nitrogens with one attached hydrogen (secondary N) is 1. The van der Waals surface area contributed by atoms with Crippen molar-refractivity contribution in [2.45, 2.75) is 45.6 Å². The molecular weight excluding hydrogens is 262 g/mol. The number of anilines is 2. The summed E-state index contributed by atoms with van der Waals surface area (Å²) in [6.07, 6.45) is 4.76. The van der Waals surface area contributed by atoms with Crippen molar-refractivity contribution in [3.05, 3.63) is 23.8 Å². The lowest BCUT2D eigenvalue weighted by Crippen LogP contribution is -2.38. The predicted octanol–water partition coefficient (Wildman–Crippen LogP) is 3.03. The van der Waals surface area contributed by atoms with E-state index in [1.54, 1.807) is 13.1 Å². The zero-order chi connectivity index (χ0) is 15.6. The van der Waals surface area contributed by atoms with E-state index in [1.165, 1.54) is 12.8 Å². The van der Waals surface area contributed by atoms with Gasteiger partial charge in [-0.15, -0.1) is 0 Å². The molecule has 1 amide bonds. The molecule has 0 saturated heterocycles. The molecule has 2 rings (SSSR count). The van der Waals surface area contributed by atoms with Gasteiger partial charge in [-0.2, -0.15) is 0 Å². The van der Waals surface area contributed by atoms with Gasteiger partial charge in [-0.3, -0.25) is 4.79 Å². The lowest BCUT2D eigenvalue weighted by atomic mass is 9.75. The molecule has 21 heavy (non-hydrogen) atoms. The van der Waals surface area contributed by atoms with Gasteiger partial charge in [0, 0.05) is 25.8 Å². The molecule has 0 aliphatic heterocycles. The molecule has 1 fully saturated rings. The molecule has 0 atom stereocenters. The molecule has 0 aromatic heterocycles. The molecule has 0 heterocycles. The summed E-state index contributed by atoms with van der Waals surface area (Å²) in [6, 6.07) is 5.98. The lowest BCUT2D eigenvalue weighted by molar-refractivity contribution is 0.0963. The van der Waals surface area contributed by atoms with Crippen molar-refractivity contribution in [3.63, 3.8) is 0 Å². The van der Waals surface area contributed by atoms with Crippen molar-refractivity contribution in [2.24, 2.45) is 5.41 Å². The Morgan fingerprint density at radius 1 is 1.33 bits per heavy atom. The van der Waals surface area contributed by atoms with Gasteiger partial charge in [-0.25, -0.2) is 0 Å². The van der Waals surface area contributed by atoms with E-state index < -0.39 is 0 Å². The fourth-order valence-electron chi connectivity index (χ4n) is 3.14. The average Bonchev–Trinajstić information content (AvgIpc) is 2.45. The van der Waals surface area contributed by atoms with Gasteiger partial charge in [0.1, 0.15) is 0 Å². The smallest absolute Gasteiger partial charge is 0.253 e. The van der Waals surface area contributed by atoms with Crippen molar-refractivity contribution < 1.29 is 4.79 Å². The number of nitrogens with two attached hydrogens (primary N) is 1. The van der Waals surface area contributed by atoms with Gasteiger partial charge in [0.05, 0.1) is 11.3 Å². The van der Waals surface area contributed by atoms with Crippen LogP contribution < -0.4 is 16.0 Å². The van der Waals surface area contributed by atoms with Gasteiger partial charge in [-0.05, 0) is 49.3 Å². The molecule has 3 N–H and O–H groups in total. The Labute approximate surface area is 127 Å². The maximum Gasteiger partial charge on any atom is 0.253 e. The van der Waals surface area contributed by atoms with Crippen LogP contribution in [0, 0.1) is 5.41 Å². The Hall–Kier alpha value is -1.71. The number of hydrogen-bond donors (Lipinski definition) is 2. The van der Waals surface area contributed by atoms with Crippen LogP contribution in [0.5, 0.6) is 0 Å². The minimum absolute atomic E-state index is 0.0620. The molecule has 1 aromatic rings. The van der Waals surface area contributed by atoms with Gasteiger partial charge in [0.25, 0.3) is 5.91 Å². The molecular formula is C17H27N3O. The number of carbonyl (C=O) groups excluding carboxylic acids is 1.